The molecule has 80 valence electrons. The molecule has 2 nitrogen and oxygen atoms in total. The van der Waals surface area contributed by atoms with Gasteiger partial charge in [-0.25, -0.2) is 4.57 Å². The van der Waals surface area contributed by atoms with Crippen molar-refractivity contribution in [3.05, 3.63) is 0 Å². The highest BCUT2D eigenvalue weighted by Crippen LogP contribution is 2.03. The van der Waals surface area contributed by atoms with Gasteiger partial charge >= 0.3 is 8.69 Å². The molecule has 13 heavy (non-hydrogen) atoms. The summed E-state index contributed by atoms with van der Waals surface area (Å²) in [6.45, 7) is 6.81. The molecule has 0 saturated heterocycles. The Morgan fingerprint density at radius 3 is 1.54 bits per heavy atom. The first-order valence-corrected chi connectivity index (χ1v) is 6.01. The normalized spacial score (nSPS) is 9.46. The van der Waals surface area contributed by atoms with Crippen LogP contribution in [0.3, 0.4) is 0 Å². The molecule has 0 radical (unpaired) electrons. The lowest BCUT2D eigenvalue weighted by molar-refractivity contribution is 0.365. The lowest BCUT2D eigenvalue weighted by Gasteiger charge is -1.93. The molecule has 0 spiro atoms. The van der Waals surface area contributed by atoms with Crippen LogP contribution in [0.15, 0.2) is 0 Å². The standard InChI is InChI=1S/C8H18.C2H5O2P/c1-3-5-7-8-6-4-2;1-2-4-5-3/h3-8H2,1-2H3;2H2,1H3. The first-order chi connectivity index (χ1) is 6.33. The quantitative estimate of drug-likeness (QED) is 0.449. The molecule has 0 rings (SSSR count). The predicted molar refractivity (Wildman–Crippen MR) is 58.3 cm³/mol. The minimum atomic E-state index is -0.220. The van der Waals surface area contributed by atoms with Crippen molar-refractivity contribution >= 4 is 8.69 Å². The molecule has 0 amide bonds. The second-order valence-corrected chi connectivity index (χ2v) is 3.31. The van der Waals surface area contributed by atoms with E-state index in [4.69, 9.17) is 0 Å². The van der Waals surface area contributed by atoms with Crippen LogP contribution in [0.4, 0.5) is 0 Å². The highest BCUT2D eigenvalue weighted by atomic mass is 31.1. The molecule has 3 heteroatoms. The number of hydrogen-bond acceptors (Lipinski definition) is 2. The van der Waals surface area contributed by atoms with Crippen molar-refractivity contribution in [2.45, 2.75) is 59.3 Å². The van der Waals surface area contributed by atoms with Crippen molar-refractivity contribution in [2.24, 2.45) is 0 Å². The molecular formula is C10H23O2P. The van der Waals surface area contributed by atoms with Gasteiger partial charge in [0.1, 0.15) is 0 Å². The van der Waals surface area contributed by atoms with Gasteiger partial charge in [-0.15, -0.1) is 0 Å². The lowest BCUT2D eigenvalue weighted by Crippen LogP contribution is -1.73. The highest BCUT2D eigenvalue weighted by molar-refractivity contribution is 7.17. The van der Waals surface area contributed by atoms with E-state index in [0.717, 1.165) is 0 Å². The molecule has 0 aliphatic rings. The fourth-order valence-electron chi connectivity index (χ4n) is 0.906. The van der Waals surface area contributed by atoms with E-state index < -0.39 is 0 Å². The summed E-state index contributed by atoms with van der Waals surface area (Å²) in [4.78, 5) is 0. The first kappa shape index (κ1) is 15.5. The van der Waals surface area contributed by atoms with Crippen molar-refractivity contribution < 1.29 is 9.09 Å². The Bertz CT molecular complexity index is 81.0. The van der Waals surface area contributed by atoms with Crippen molar-refractivity contribution in [3.63, 3.8) is 0 Å². The Morgan fingerprint density at radius 2 is 1.38 bits per heavy atom. The second kappa shape index (κ2) is 18.0. The Morgan fingerprint density at radius 1 is 0.923 bits per heavy atom. The van der Waals surface area contributed by atoms with Crippen molar-refractivity contribution in [1.82, 2.24) is 0 Å². The summed E-state index contributed by atoms with van der Waals surface area (Å²) >= 11 is 0. The summed E-state index contributed by atoms with van der Waals surface area (Å²) in [7, 11) is -0.220. The third-order valence-corrected chi connectivity index (χ3v) is 2.00. The maximum atomic E-state index is 9.28. The third kappa shape index (κ3) is 24.5. The fourth-order valence-corrected chi connectivity index (χ4v) is 1.01. The van der Waals surface area contributed by atoms with Crippen LogP contribution in [0.2, 0.25) is 0 Å². The van der Waals surface area contributed by atoms with Gasteiger partial charge < -0.3 is 0 Å². The zero-order chi connectivity index (χ0) is 10.4. The van der Waals surface area contributed by atoms with Gasteiger partial charge in [0.25, 0.3) is 0 Å². The van der Waals surface area contributed by atoms with E-state index in [2.05, 4.69) is 18.4 Å². The van der Waals surface area contributed by atoms with Crippen LogP contribution in [0.5, 0.6) is 0 Å². The summed E-state index contributed by atoms with van der Waals surface area (Å²) in [5.41, 5.74) is 0. The number of hydrogen-bond donors (Lipinski definition) is 0. The number of unbranched alkanes of at least 4 members (excludes halogenated alkanes) is 5. The molecule has 0 saturated carbocycles. The van der Waals surface area contributed by atoms with Crippen LogP contribution >= 0.6 is 8.69 Å². The van der Waals surface area contributed by atoms with Gasteiger partial charge in [-0.05, 0) is 6.92 Å². The minimum Gasteiger partial charge on any atom is -0.295 e. The van der Waals surface area contributed by atoms with Crippen molar-refractivity contribution in [3.8, 4) is 0 Å². The summed E-state index contributed by atoms with van der Waals surface area (Å²) in [5.74, 6) is 0. The molecular weight excluding hydrogens is 183 g/mol. The molecule has 0 N–H and O–H groups in total. The summed E-state index contributed by atoms with van der Waals surface area (Å²) < 4.78 is 13.5. The maximum Gasteiger partial charge on any atom is 0.327 e. The highest BCUT2D eigenvalue weighted by Gasteiger charge is 1.83. The van der Waals surface area contributed by atoms with Crippen molar-refractivity contribution in [2.75, 3.05) is 6.61 Å². The maximum absolute atomic E-state index is 9.28. The molecule has 0 bridgehead atoms. The van der Waals surface area contributed by atoms with Gasteiger partial charge in [-0.1, -0.05) is 52.4 Å². The van der Waals surface area contributed by atoms with Crippen LogP contribution < -0.4 is 0 Å². The molecule has 0 unspecified atom stereocenters. The Balaban J connectivity index is 0. The van der Waals surface area contributed by atoms with Crippen LogP contribution in [-0.2, 0) is 9.09 Å². The SMILES string of the molecule is CCCCCCCC.CCOP=O. The van der Waals surface area contributed by atoms with E-state index in [-0.39, 0.29) is 8.69 Å². The predicted octanol–water partition coefficient (Wildman–Crippen LogP) is 4.60. The summed E-state index contributed by atoms with van der Waals surface area (Å²) in [6, 6.07) is 0. The Labute approximate surface area is 84.3 Å². The fraction of sp³-hybridized carbons (Fsp3) is 1.00. The van der Waals surface area contributed by atoms with Gasteiger partial charge in [-0.2, -0.15) is 0 Å². The Hall–Kier alpha value is 0.0600. The average Bonchev–Trinajstić information content (AvgIpc) is 2.15. The monoisotopic (exact) mass is 206 g/mol. The summed E-state index contributed by atoms with van der Waals surface area (Å²) in [6.07, 6.45) is 8.49. The second-order valence-electron chi connectivity index (χ2n) is 2.91. The molecule has 0 heterocycles. The van der Waals surface area contributed by atoms with Gasteiger partial charge in [0.2, 0.25) is 0 Å². The van der Waals surface area contributed by atoms with E-state index in [9.17, 15) is 4.57 Å². The molecule has 0 atom stereocenters. The third-order valence-electron chi connectivity index (χ3n) is 1.64. The summed E-state index contributed by atoms with van der Waals surface area (Å²) in [5, 5.41) is 0. The van der Waals surface area contributed by atoms with Gasteiger partial charge in [0, 0.05) is 0 Å². The minimum absolute atomic E-state index is 0.220. The molecule has 0 aromatic heterocycles. The lowest BCUT2D eigenvalue weighted by atomic mass is 10.1. The van der Waals surface area contributed by atoms with Gasteiger partial charge in [0.05, 0.1) is 6.61 Å². The van der Waals surface area contributed by atoms with Gasteiger partial charge in [0.15, 0.2) is 0 Å². The Kier molecular flexibility index (Phi) is 21.5. The van der Waals surface area contributed by atoms with Gasteiger partial charge in [-0.3, -0.25) is 4.52 Å². The average molecular weight is 206 g/mol. The molecule has 0 aliphatic carbocycles. The van der Waals surface area contributed by atoms with E-state index in [1.807, 2.05) is 0 Å². The van der Waals surface area contributed by atoms with E-state index >= 15 is 0 Å². The van der Waals surface area contributed by atoms with Crippen LogP contribution in [-0.4, -0.2) is 6.61 Å². The van der Waals surface area contributed by atoms with Crippen LogP contribution in [0.1, 0.15) is 59.3 Å². The number of rotatable bonds is 7. The largest absolute Gasteiger partial charge is 0.327 e. The van der Waals surface area contributed by atoms with E-state index in [0.29, 0.717) is 6.61 Å². The molecule has 0 aliphatic heterocycles. The molecule has 0 aromatic carbocycles. The van der Waals surface area contributed by atoms with Crippen LogP contribution in [0, 0.1) is 0 Å². The first-order valence-electron chi connectivity index (χ1n) is 5.28. The topological polar surface area (TPSA) is 26.3 Å². The zero-order valence-corrected chi connectivity index (χ0v) is 10.1. The van der Waals surface area contributed by atoms with E-state index in [1.165, 1.54) is 38.5 Å². The molecule has 0 fully saturated rings. The zero-order valence-electron chi connectivity index (χ0n) is 9.21. The molecule has 0 aromatic rings. The van der Waals surface area contributed by atoms with Crippen LogP contribution in [0.25, 0.3) is 0 Å². The smallest absolute Gasteiger partial charge is 0.295 e. The van der Waals surface area contributed by atoms with Crippen molar-refractivity contribution in [1.29, 1.82) is 0 Å². The van der Waals surface area contributed by atoms with E-state index in [1.54, 1.807) is 6.92 Å².